The minimum atomic E-state index is -0.828. The third-order valence-electron chi connectivity index (χ3n) is 3.00. The number of nitrogens with zero attached hydrogens (tertiary/aromatic N) is 2. The van der Waals surface area contributed by atoms with E-state index in [0.29, 0.717) is 26.2 Å². The quantitative estimate of drug-likeness (QED) is 0.693. The molecule has 0 spiro atoms. The summed E-state index contributed by atoms with van der Waals surface area (Å²) in [6.07, 6.45) is 0.0731. The van der Waals surface area contributed by atoms with Crippen molar-refractivity contribution in [2.75, 3.05) is 26.2 Å². The predicted octanol–water partition coefficient (Wildman–Crippen LogP) is 1.04. The van der Waals surface area contributed by atoms with Gasteiger partial charge in [0, 0.05) is 19.6 Å². The number of rotatable bonds is 8. The molecule has 1 atom stereocenters. The second kappa shape index (κ2) is 8.06. The Morgan fingerprint density at radius 2 is 1.65 bits per heavy atom. The Hall–Kier alpha value is -1.10. The molecule has 0 rings (SSSR count). The van der Waals surface area contributed by atoms with Crippen LogP contribution in [0, 0.1) is 0 Å². The van der Waals surface area contributed by atoms with Crippen LogP contribution in [-0.2, 0) is 9.59 Å². The predicted molar refractivity (Wildman–Crippen MR) is 66.9 cm³/mol. The van der Waals surface area contributed by atoms with Crippen molar-refractivity contribution in [3.8, 4) is 0 Å². The van der Waals surface area contributed by atoms with Crippen LogP contribution in [-0.4, -0.2) is 59.0 Å². The number of carbonyl (C=O) groups is 2. The lowest BCUT2D eigenvalue weighted by molar-refractivity contribution is -0.140. The van der Waals surface area contributed by atoms with Crippen LogP contribution in [0.3, 0.4) is 0 Å². The van der Waals surface area contributed by atoms with Crippen LogP contribution in [0.2, 0.25) is 0 Å². The Labute approximate surface area is 103 Å². The molecule has 1 N–H and O–H groups in total. The van der Waals surface area contributed by atoms with Gasteiger partial charge in [0.25, 0.3) is 0 Å². The minimum absolute atomic E-state index is 0.0715. The summed E-state index contributed by atoms with van der Waals surface area (Å²) in [6.45, 7) is 10.1. The van der Waals surface area contributed by atoms with Crippen LogP contribution < -0.4 is 0 Å². The molecular formula is C12H24N2O3. The van der Waals surface area contributed by atoms with Gasteiger partial charge in [-0.05, 0) is 27.3 Å². The molecular weight excluding hydrogens is 220 g/mol. The number of hydrogen-bond acceptors (Lipinski definition) is 3. The molecule has 0 saturated heterocycles. The van der Waals surface area contributed by atoms with Crippen molar-refractivity contribution < 1.29 is 14.7 Å². The first-order valence-corrected chi connectivity index (χ1v) is 6.22. The number of carbonyl (C=O) groups excluding carboxylic acids is 1. The molecule has 0 heterocycles. The van der Waals surface area contributed by atoms with Crippen molar-refractivity contribution >= 4 is 11.9 Å². The molecule has 17 heavy (non-hydrogen) atoms. The van der Waals surface area contributed by atoms with E-state index in [9.17, 15) is 9.59 Å². The number of aliphatic carboxylic acids is 1. The maximum Gasteiger partial charge on any atom is 0.304 e. The van der Waals surface area contributed by atoms with E-state index >= 15 is 0 Å². The monoisotopic (exact) mass is 244 g/mol. The van der Waals surface area contributed by atoms with Crippen molar-refractivity contribution in [1.29, 1.82) is 0 Å². The lowest BCUT2D eigenvalue weighted by Crippen LogP contribution is -2.47. The Morgan fingerprint density at radius 1 is 1.12 bits per heavy atom. The molecule has 0 aliphatic heterocycles. The summed E-state index contributed by atoms with van der Waals surface area (Å²) in [4.78, 5) is 26.3. The number of amides is 1. The second-order valence-corrected chi connectivity index (χ2v) is 3.96. The summed E-state index contributed by atoms with van der Waals surface area (Å²) in [6, 6.07) is -0.251. The molecule has 0 radical (unpaired) electrons. The largest absolute Gasteiger partial charge is 0.481 e. The molecule has 0 saturated carbocycles. The van der Waals surface area contributed by atoms with Gasteiger partial charge in [-0.3, -0.25) is 14.5 Å². The Bertz CT molecular complexity index is 252. The Kier molecular flexibility index (Phi) is 7.54. The molecule has 0 fully saturated rings. The average Bonchev–Trinajstić information content (AvgIpc) is 2.30. The van der Waals surface area contributed by atoms with Gasteiger partial charge in [0.15, 0.2) is 0 Å². The maximum atomic E-state index is 12.1. The minimum Gasteiger partial charge on any atom is -0.481 e. The van der Waals surface area contributed by atoms with Gasteiger partial charge in [-0.25, -0.2) is 0 Å². The normalized spacial score (nSPS) is 12.5. The Balaban J connectivity index is 4.45. The standard InChI is InChI=1S/C12H24N2O3/c1-5-13(6-2)12(17)10(4)14(7-3)9-8-11(15)16/h10H,5-9H2,1-4H3,(H,15,16). The van der Waals surface area contributed by atoms with Crippen molar-refractivity contribution in [2.45, 2.75) is 40.2 Å². The Morgan fingerprint density at radius 3 is 2.00 bits per heavy atom. The molecule has 100 valence electrons. The van der Waals surface area contributed by atoms with Gasteiger partial charge < -0.3 is 10.0 Å². The van der Waals surface area contributed by atoms with Gasteiger partial charge in [0.05, 0.1) is 12.5 Å². The van der Waals surface area contributed by atoms with E-state index in [-0.39, 0.29) is 18.4 Å². The molecule has 0 aromatic rings. The van der Waals surface area contributed by atoms with E-state index in [1.165, 1.54) is 0 Å². The van der Waals surface area contributed by atoms with Gasteiger partial charge >= 0.3 is 5.97 Å². The zero-order chi connectivity index (χ0) is 13.4. The van der Waals surface area contributed by atoms with Crippen LogP contribution >= 0.6 is 0 Å². The van der Waals surface area contributed by atoms with Crippen LogP contribution in [0.4, 0.5) is 0 Å². The fraction of sp³-hybridized carbons (Fsp3) is 0.833. The zero-order valence-electron chi connectivity index (χ0n) is 11.3. The number of hydrogen-bond donors (Lipinski definition) is 1. The van der Waals surface area contributed by atoms with Crippen molar-refractivity contribution in [3.05, 3.63) is 0 Å². The van der Waals surface area contributed by atoms with Crippen LogP contribution in [0.1, 0.15) is 34.1 Å². The average molecular weight is 244 g/mol. The van der Waals surface area contributed by atoms with E-state index in [4.69, 9.17) is 5.11 Å². The summed E-state index contributed by atoms with van der Waals surface area (Å²) in [7, 11) is 0. The fourth-order valence-electron chi connectivity index (χ4n) is 1.82. The highest BCUT2D eigenvalue weighted by Gasteiger charge is 2.23. The van der Waals surface area contributed by atoms with Crippen LogP contribution in [0.25, 0.3) is 0 Å². The molecule has 0 aromatic carbocycles. The van der Waals surface area contributed by atoms with Crippen molar-refractivity contribution in [1.82, 2.24) is 9.80 Å². The summed E-state index contributed by atoms with van der Waals surface area (Å²) in [5.41, 5.74) is 0. The smallest absolute Gasteiger partial charge is 0.304 e. The molecule has 1 amide bonds. The molecule has 1 unspecified atom stereocenters. The lowest BCUT2D eigenvalue weighted by Gasteiger charge is -2.30. The van der Waals surface area contributed by atoms with Crippen molar-refractivity contribution in [3.63, 3.8) is 0 Å². The first-order chi connectivity index (χ1) is 7.97. The molecule has 0 bridgehead atoms. The molecule has 0 aliphatic rings. The van der Waals surface area contributed by atoms with E-state index in [2.05, 4.69) is 0 Å². The molecule has 5 nitrogen and oxygen atoms in total. The van der Waals surface area contributed by atoms with E-state index in [1.807, 2.05) is 32.6 Å². The maximum absolute atomic E-state index is 12.1. The van der Waals surface area contributed by atoms with Crippen LogP contribution in [0.15, 0.2) is 0 Å². The van der Waals surface area contributed by atoms with Gasteiger partial charge in [-0.2, -0.15) is 0 Å². The highest BCUT2D eigenvalue weighted by atomic mass is 16.4. The molecule has 0 aliphatic carbocycles. The molecule has 5 heteroatoms. The topological polar surface area (TPSA) is 60.9 Å². The summed E-state index contributed by atoms with van der Waals surface area (Å²) >= 11 is 0. The summed E-state index contributed by atoms with van der Waals surface area (Å²) < 4.78 is 0. The number of likely N-dealkylation sites (N-methyl/N-ethyl adjacent to an activating group) is 2. The van der Waals surface area contributed by atoms with E-state index in [1.54, 1.807) is 4.90 Å². The van der Waals surface area contributed by atoms with Gasteiger partial charge in [0.1, 0.15) is 0 Å². The van der Waals surface area contributed by atoms with Crippen molar-refractivity contribution in [2.24, 2.45) is 0 Å². The highest BCUT2D eigenvalue weighted by Crippen LogP contribution is 2.05. The number of carboxylic acids is 1. The van der Waals surface area contributed by atoms with E-state index < -0.39 is 5.97 Å². The highest BCUT2D eigenvalue weighted by molar-refractivity contribution is 5.81. The third-order valence-corrected chi connectivity index (χ3v) is 3.00. The first-order valence-electron chi connectivity index (χ1n) is 6.22. The number of carboxylic acid groups (broad SMARTS) is 1. The van der Waals surface area contributed by atoms with Gasteiger partial charge in [-0.1, -0.05) is 6.92 Å². The SMILES string of the molecule is CCN(CC)C(=O)C(C)N(CC)CCC(=O)O. The van der Waals surface area contributed by atoms with Gasteiger partial charge in [-0.15, -0.1) is 0 Å². The third kappa shape index (κ3) is 5.17. The lowest BCUT2D eigenvalue weighted by atomic mass is 10.2. The van der Waals surface area contributed by atoms with E-state index in [0.717, 1.165) is 0 Å². The fourth-order valence-corrected chi connectivity index (χ4v) is 1.82. The first kappa shape index (κ1) is 15.9. The zero-order valence-corrected chi connectivity index (χ0v) is 11.3. The summed E-state index contributed by atoms with van der Waals surface area (Å²) in [5, 5.41) is 8.66. The van der Waals surface area contributed by atoms with Gasteiger partial charge in [0.2, 0.25) is 5.91 Å². The molecule has 0 aromatic heterocycles. The summed E-state index contributed by atoms with van der Waals surface area (Å²) in [5.74, 6) is -0.756. The second-order valence-electron chi connectivity index (χ2n) is 3.96. The van der Waals surface area contributed by atoms with Crippen LogP contribution in [0.5, 0.6) is 0 Å².